The molecule has 0 aliphatic heterocycles. The smallest absolute Gasteiger partial charge is 0.298 e. The lowest BCUT2D eigenvalue weighted by Gasteiger charge is -2.36. The summed E-state index contributed by atoms with van der Waals surface area (Å²) in [6, 6.07) is 0. The standard InChI is InChI=1S/C13H15F7O/c1-9(2)6-4-5-10(9,3)8(21)7(6)11(14,15)12(16,17)13(18,19)20/h6-7H,4-5H2,1-3H3. The minimum Gasteiger partial charge on any atom is -0.298 e. The molecule has 3 atom stereocenters. The van der Waals surface area contributed by atoms with Gasteiger partial charge in [-0.25, -0.2) is 0 Å². The summed E-state index contributed by atoms with van der Waals surface area (Å²) in [4.78, 5) is 12.1. The molecule has 122 valence electrons. The van der Waals surface area contributed by atoms with E-state index in [4.69, 9.17) is 0 Å². The molecule has 2 bridgehead atoms. The van der Waals surface area contributed by atoms with Crippen molar-refractivity contribution in [1.82, 2.24) is 0 Å². The lowest BCUT2D eigenvalue weighted by molar-refractivity contribution is -0.365. The minimum atomic E-state index is -6.40. The Kier molecular flexibility index (Phi) is 3.09. The van der Waals surface area contributed by atoms with E-state index in [9.17, 15) is 35.5 Å². The zero-order valence-electron chi connectivity index (χ0n) is 11.6. The summed E-state index contributed by atoms with van der Waals surface area (Å²) in [5, 5.41) is 0. The van der Waals surface area contributed by atoms with E-state index in [0.717, 1.165) is 0 Å². The molecular formula is C13H15F7O. The highest BCUT2D eigenvalue weighted by Crippen LogP contribution is 2.70. The van der Waals surface area contributed by atoms with E-state index < -0.39 is 46.5 Å². The molecule has 2 aliphatic rings. The quantitative estimate of drug-likeness (QED) is 0.687. The summed E-state index contributed by atoms with van der Waals surface area (Å²) in [6.45, 7) is 4.33. The van der Waals surface area contributed by atoms with Crippen molar-refractivity contribution >= 4 is 5.78 Å². The number of ketones is 1. The third-order valence-corrected chi connectivity index (χ3v) is 5.70. The number of carbonyl (C=O) groups excluding carboxylic acids is 1. The Morgan fingerprint density at radius 1 is 1.00 bits per heavy atom. The van der Waals surface area contributed by atoms with Crippen molar-refractivity contribution in [2.75, 3.05) is 0 Å². The molecule has 0 aromatic rings. The lowest BCUT2D eigenvalue weighted by Crippen LogP contribution is -2.58. The van der Waals surface area contributed by atoms with E-state index >= 15 is 0 Å². The van der Waals surface area contributed by atoms with Crippen LogP contribution in [0.4, 0.5) is 30.7 Å². The Hall–Kier alpha value is -0.820. The maximum Gasteiger partial charge on any atom is 0.459 e. The van der Waals surface area contributed by atoms with Crippen LogP contribution in [-0.4, -0.2) is 23.8 Å². The predicted octanol–water partition coefficient (Wildman–Crippen LogP) is 4.46. The van der Waals surface area contributed by atoms with Crippen LogP contribution in [0.25, 0.3) is 0 Å². The molecule has 0 radical (unpaired) electrons. The molecule has 2 rings (SSSR count). The maximum atomic E-state index is 13.9. The number of carbonyl (C=O) groups is 1. The molecule has 2 saturated carbocycles. The summed E-state index contributed by atoms with van der Waals surface area (Å²) in [5.74, 6) is -16.6. The van der Waals surface area contributed by atoms with Crippen LogP contribution in [0, 0.1) is 22.7 Å². The van der Waals surface area contributed by atoms with E-state index in [-0.39, 0.29) is 12.8 Å². The van der Waals surface area contributed by atoms with Gasteiger partial charge in [-0.1, -0.05) is 20.8 Å². The van der Waals surface area contributed by atoms with Crippen LogP contribution in [0.3, 0.4) is 0 Å². The number of fused-ring (bicyclic) bond motifs is 2. The summed E-state index contributed by atoms with van der Waals surface area (Å²) < 4.78 is 91.2. The Morgan fingerprint density at radius 2 is 1.48 bits per heavy atom. The second kappa shape index (κ2) is 3.93. The molecule has 0 amide bonds. The van der Waals surface area contributed by atoms with Crippen LogP contribution in [0.2, 0.25) is 0 Å². The first-order valence-electron chi connectivity index (χ1n) is 6.49. The molecule has 0 aromatic carbocycles. The topological polar surface area (TPSA) is 17.1 Å². The average molecular weight is 320 g/mol. The van der Waals surface area contributed by atoms with Crippen molar-refractivity contribution in [3.05, 3.63) is 0 Å². The van der Waals surface area contributed by atoms with E-state index in [2.05, 4.69) is 0 Å². The van der Waals surface area contributed by atoms with Gasteiger partial charge in [0.1, 0.15) is 5.78 Å². The number of Topliss-reactive ketones (excluding diaryl/α,β-unsaturated/α-hetero) is 1. The molecule has 8 heteroatoms. The summed E-state index contributed by atoms with van der Waals surface area (Å²) in [7, 11) is 0. The second-order valence-corrected chi connectivity index (χ2v) is 6.74. The summed E-state index contributed by atoms with van der Waals surface area (Å²) in [6.07, 6.45) is -6.12. The van der Waals surface area contributed by atoms with Crippen LogP contribution >= 0.6 is 0 Å². The van der Waals surface area contributed by atoms with Crippen molar-refractivity contribution in [2.24, 2.45) is 22.7 Å². The molecule has 2 fully saturated rings. The molecule has 0 heterocycles. The van der Waals surface area contributed by atoms with Gasteiger partial charge in [0.2, 0.25) is 0 Å². The Balaban J connectivity index is 2.51. The molecule has 21 heavy (non-hydrogen) atoms. The van der Waals surface area contributed by atoms with Crippen LogP contribution in [0.15, 0.2) is 0 Å². The van der Waals surface area contributed by atoms with Crippen molar-refractivity contribution in [3.63, 3.8) is 0 Å². The van der Waals surface area contributed by atoms with E-state index in [1.54, 1.807) is 0 Å². The molecule has 0 spiro atoms. The fourth-order valence-corrected chi connectivity index (χ4v) is 3.89. The van der Waals surface area contributed by atoms with Gasteiger partial charge in [0, 0.05) is 5.41 Å². The van der Waals surface area contributed by atoms with Crippen LogP contribution in [-0.2, 0) is 4.79 Å². The van der Waals surface area contributed by atoms with Gasteiger partial charge in [-0.3, -0.25) is 4.79 Å². The number of rotatable bonds is 2. The Morgan fingerprint density at radius 3 is 1.81 bits per heavy atom. The van der Waals surface area contributed by atoms with E-state index in [1.165, 1.54) is 20.8 Å². The zero-order chi connectivity index (χ0) is 16.6. The third kappa shape index (κ3) is 1.67. The van der Waals surface area contributed by atoms with Gasteiger partial charge < -0.3 is 0 Å². The largest absolute Gasteiger partial charge is 0.459 e. The highest BCUT2D eigenvalue weighted by molar-refractivity contribution is 5.92. The first-order valence-corrected chi connectivity index (χ1v) is 6.49. The van der Waals surface area contributed by atoms with E-state index in [1.807, 2.05) is 0 Å². The van der Waals surface area contributed by atoms with Gasteiger partial charge in [0.25, 0.3) is 0 Å². The summed E-state index contributed by atoms with van der Waals surface area (Å²) >= 11 is 0. The molecule has 1 nitrogen and oxygen atoms in total. The minimum absolute atomic E-state index is 0.0451. The maximum absolute atomic E-state index is 13.9. The van der Waals surface area contributed by atoms with Crippen molar-refractivity contribution in [3.8, 4) is 0 Å². The highest BCUT2D eigenvalue weighted by Gasteiger charge is 2.82. The Labute approximate surface area is 116 Å². The summed E-state index contributed by atoms with van der Waals surface area (Å²) in [5.41, 5.74) is -2.31. The Bertz CT molecular complexity index is 479. The fraction of sp³-hybridized carbons (Fsp3) is 0.923. The van der Waals surface area contributed by atoms with Crippen molar-refractivity contribution in [1.29, 1.82) is 0 Å². The number of halogens is 7. The lowest BCUT2D eigenvalue weighted by atomic mass is 9.70. The molecule has 0 saturated heterocycles. The normalized spacial score (nSPS) is 36.4. The monoisotopic (exact) mass is 320 g/mol. The molecule has 3 unspecified atom stereocenters. The number of hydrogen-bond acceptors (Lipinski definition) is 1. The molecular weight excluding hydrogens is 305 g/mol. The first-order chi connectivity index (χ1) is 9.12. The van der Waals surface area contributed by atoms with Gasteiger partial charge in [0.15, 0.2) is 0 Å². The van der Waals surface area contributed by atoms with Gasteiger partial charge in [0.05, 0.1) is 5.92 Å². The predicted molar refractivity (Wildman–Crippen MR) is 59.1 cm³/mol. The first kappa shape index (κ1) is 16.5. The van der Waals surface area contributed by atoms with Crippen LogP contribution in [0.5, 0.6) is 0 Å². The van der Waals surface area contributed by atoms with Gasteiger partial charge in [-0.2, -0.15) is 30.7 Å². The molecule has 0 aromatic heterocycles. The number of hydrogen-bond donors (Lipinski definition) is 0. The molecule has 0 N–H and O–H groups in total. The van der Waals surface area contributed by atoms with Crippen molar-refractivity contribution < 1.29 is 35.5 Å². The van der Waals surface area contributed by atoms with E-state index in [0.29, 0.717) is 0 Å². The van der Waals surface area contributed by atoms with Crippen molar-refractivity contribution in [2.45, 2.75) is 51.6 Å². The number of alkyl halides is 7. The average Bonchev–Trinajstić information content (AvgIpc) is 2.59. The molecule has 2 aliphatic carbocycles. The second-order valence-electron chi connectivity index (χ2n) is 6.74. The fourth-order valence-electron chi connectivity index (χ4n) is 3.89. The van der Waals surface area contributed by atoms with Crippen LogP contribution in [0.1, 0.15) is 33.6 Å². The van der Waals surface area contributed by atoms with Gasteiger partial charge in [-0.05, 0) is 24.2 Å². The van der Waals surface area contributed by atoms with Gasteiger partial charge in [-0.15, -0.1) is 0 Å². The third-order valence-electron chi connectivity index (χ3n) is 5.70. The highest BCUT2D eigenvalue weighted by atomic mass is 19.4. The van der Waals surface area contributed by atoms with Crippen LogP contribution < -0.4 is 0 Å². The zero-order valence-corrected chi connectivity index (χ0v) is 11.6. The van der Waals surface area contributed by atoms with Gasteiger partial charge >= 0.3 is 18.0 Å². The SMILES string of the molecule is CC12CCC(C(C(F)(F)C(F)(F)C(F)(F)F)C1=O)C2(C)C.